The molecule has 94 valence electrons. The summed E-state index contributed by atoms with van der Waals surface area (Å²) in [6.45, 7) is 4.61. The molecule has 0 aliphatic heterocycles. The molecule has 0 bridgehead atoms. The highest BCUT2D eigenvalue weighted by molar-refractivity contribution is 5.25. The van der Waals surface area contributed by atoms with Gasteiger partial charge in [0.2, 0.25) is 0 Å². The van der Waals surface area contributed by atoms with E-state index in [1.54, 1.807) is 0 Å². The summed E-state index contributed by atoms with van der Waals surface area (Å²) in [5.74, 6) is 0. The molecule has 0 spiro atoms. The van der Waals surface area contributed by atoms with E-state index in [0.717, 1.165) is 5.56 Å². The number of aliphatic hydroxyl groups is 1. The van der Waals surface area contributed by atoms with Gasteiger partial charge in [0.25, 0.3) is 0 Å². The second-order valence-corrected chi connectivity index (χ2v) is 5.26. The Balaban J connectivity index is 2.05. The number of hydrogen-bond donors (Lipinski definition) is 2. The first kappa shape index (κ1) is 12.6. The summed E-state index contributed by atoms with van der Waals surface area (Å²) in [4.78, 5) is 0. The molecule has 0 heterocycles. The molecule has 17 heavy (non-hydrogen) atoms. The summed E-state index contributed by atoms with van der Waals surface area (Å²) >= 11 is 0. The lowest BCUT2D eigenvalue weighted by Gasteiger charge is -2.44. The minimum absolute atomic E-state index is 0.124. The highest BCUT2D eigenvalue weighted by atomic mass is 16.3. The molecule has 1 saturated carbocycles. The first-order valence-electron chi connectivity index (χ1n) is 6.66. The van der Waals surface area contributed by atoms with Gasteiger partial charge in [-0.1, -0.05) is 31.2 Å². The molecule has 2 nitrogen and oxygen atoms in total. The second kappa shape index (κ2) is 5.19. The van der Waals surface area contributed by atoms with E-state index in [0.29, 0.717) is 11.6 Å². The maximum atomic E-state index is 9.16. The van der Waals surface area contributed by atoms with E-state index in [-0.39, 0.29) is 6.61 Å². The van der Waals surface area contributed by atoms with Crippen LogP contribution in [0.2, 0.25) is 0 Å². The van der Waals surface area contributed by atoms with Crippen molar-refractivity contribution in [3.63, 3.8) is 0 Å². The second-order valence-electron chi connectivity index (χ2n) is 5.26. The molecule has 1 atom stereocenters. The van der Waals surface area contributed by atoms with Crippen LogP contribution in [0.1, 0.15) is 56.7 Å². The molecule has 0 radical (unpaired) electrons. The van der Waals surface area contributed by atoms with E-state index in [4.69, 9.17) is 5.11 Å². The molecule has 1 aromatic rings. The van der Waals surface area contributed by atoms with Crippen LogP contribution in [-0.4, -0.2) is 10.6 Å². The number of benzene rings is 1. The first-order chi connectivity index (χ1) is 8.19. The van der Waals surface area contributed by atoms with Crippen molar-refractivity contribution in [3.8, 4) is 0 Å². The van der Waals surface area contributed by atoms with Gasteiger partial charge in [-0.15, -0.1) is 0 Å². The lowest BCUT2D eigenvalue weighted by molar-refractivity contribution is 0.160. The predicted molar refractivity (Wildman–Crippen MR) is 70.8 cm³/mol. The van der Waals surface area contributed by atoms with Crippen LogP contribution < -0.4 is 5.32 Å². The average molecular weight is 233 g/mol. The molecule has 0 saturated heterocycles. The van der Waals surface area contributed by atoms with Gasteiger partial charge in [-0.3, -0.25) is 0 Å². The van der Waals surface area contributed by atoms with Gasteiger partial charge in [0.1, 0.15) is 0 Å². The predicted octanol–water partition coefficient (Wildman–Crippen LogP) is 3.16. The van der Waals surface area contributed by atoms with Crippen LogP contribution in [0.15, 0.2) is 24.3 Å². The number of nitrogens with one attached hydrogen (secondary N) is 1. The molecule has 1 unspecified atom stereocenters. The van der Waals surface area contributed by atoms with Crippen LogP contribution in [0, 0.1) is 0 Å². The molecule has 1 aliphatic rings. The molecular formula is C15H23NO. The van der Waals surface area contributed by atoms with Crippen LogP contribution in [0.25, 0.3) is 0 Å². The van der Waals surface area contributed by atoms with Crippen molar-refractivity contribution in [2.45, 2.75) is 57.7 Å². The molecule has 1 fully saturated rings. The van der Waals surface area contributed by atoms with Crippen molar-refractivity contribution >= 4 is 0 Å². The summed E-state index contributed by atoms with van der Waals surface area (Å²) in [5, 5.41) is 12.9. The fraction of sp³-hybridized carbons (Fsp3) is 0.600. The fourth-order valence-electron chi connectivity index (χ4n) is 2.71. The third-order valence-corrected chi connectivity index (χ3v) is 4.14. The highest BCUT2D eigenvalue weighted by Crippen LogP contribution is 2.36. The Morgan fingerprint density at radius 3 is 2.71 bits per heavy atom. The lowest BCUT2D eigenvalue weighted by atomic mass is 9.74. The zero-order chi connectivity index (χ0) is 12.3. The summed E-state index contributed by atoms with van der Waals surface area (Å²) in [5.41, 5.74) is 2.64. The van der Waals surface area contributed by atoms with E-state index >= 15 is 0 Å². The Morgan fingerprint density at radius 1 is 1.41 bits per heavy atom. The summed E-state index contributed by atoms with van der Waals surface area (Å²) in [6.07, 6.45) is 5.16. The van der Waals surface area contributed by atoms with Crippen LogP contribution in [0.5, 0.6) is 0 Å². The third-order valence-electron chi connectivity index (χ3n) is 4.14. The monoisotopic (exact) mass is 233 g/mol. The lowest BCUT2D eigenvalue weighted by Crippen LogP contribution is -2.51. The summed E-state index contributed by atoms with van der Waals surface area (Å²) in [6, 6.07) is 8.59. The Bertz CT molecular complexity index is 365. The zero-order valence-corrected chi connectivity index (χ0v) is 10.9. The van der Waals surface area contributed by atoms with Crippen LogP contribution >= 0.6 is 0 Å². The topological polar surface area (TPSA) is 32.3 Å². The number of aliphatic hydroxyl groups excluding tert-OH is 1. The van der Waals surface area contributed by atoms with E-state index in [1.165, 1.54) is 31.2 Å². The Hall–Kier alpha value is -0.860. The minimum atomic E-state index is 0.124. The Kier molecular flexibility index (Phi) is 3.85. The van der Waals surface area contributed by atoms with Gasteiger partial charge in [0.05, 0.1) is 6.61 Å². The molecule has 2 N–H and O–H groups in total. The molecule has 2 heteroatoms. The van der Waals surface area contributed by atoms with Gasteiger partial charge in [0.15, 0.2) is 0 Å². The van der Waals surface area contributed by atoms with Gasteiger partial charge in [-0.25, -0.2) is 0 Å². The maximum Gasteiger partial charge on any atom is 0.0681 e. The van der Waals surface area contributed by atoms with Gasteiger partial charge < -0.3 is 10.4 Å². The Labute approximate surface area is 104 Å². The third kappa shape index (κ3) is 2.70. The normalized spacial score (nSPS) is 19.7. The van der Waals surface area contributed by atoms with Crippen molar-refractivity contribution in [1.82, 2.24) is 5.32 Å². The van der Waals surface area contributed by atoms with Gasteiger partial charge in [-0.05, 0) is 43.7 Å². The molecule has 0 amide bonds. The molecule has 0 aromatic heterocycles. The van der Waals surface area contributed by atoms with Gasteiger partial charge >= 0.3 is 0 Å². The van der Waals surface area contributed by atoms with Crippen molar-refractivity contribution in [2.24, 2.45) is 0 Å². The zero-order valence-electron chi connectivity index (χ0n) is 10.9. The summed E-state index contributed by atoms with van der Waals surface area (Å²) in [7, 11) is 0. The number of rotatable bonds is 5. The van der Waals surface area contributed by atoms with Crippen LogP contribution in [0.3, 0.4) is 0 Å². The van der Waals surface area contributed by atoms with E-state index < -0.39 is 0 Å². The van der Waals surface area contributed by atoms with Crippen LogP contribution in [0.4, 0.5) is 0 Å². The largest absolute Gasteiger partial charge is 0.392 e. The standard InChI is InChI=1S/C15H23NO/c1-3-15(8-5-9-15)16-12(2)14-7-4-6-13(10-14)11-17/h4,6-7,10,12,16-17H,3,5,8-9,11H2,1-2H3. The molecule has 2 rings (SSSR count). The maximum absolute atomic E-state index is 9.16. The van der Waals surface area contributed by atoms with Crippen molar-refractivity contribution < 1.29 is 5.11 Å². The van der Waals surface area contributed by atoms with Crippen molar-refractivity contribution in [1.29, 1.82) is 0 Å². The van der Waals surface area contributed by atoms with Crippen molar-refractivity contribution in [3.05, 3.63) is 35.4 Å². The summed E-state index contributed by atoms with van der Waals surface area (Å²) < 4.78 is 0. The smallest absolute Gasteiger partial charge is 0.0681 e. The van der Waals surface area contributed by atoms with Crippen molar-refractivity contribution in [2.75, 3.05) is 0 Å². The van der Waals surface area contributed by atoms with Crippen LogP contribution in [-0.2, 0) is 6.61 Å². The average Bonchev–Trinajstić information content (AvgIpc) is 2.33. The fourth-order valence-corrected chi connectivity index (χ4v) is 2.71. The molecule has 1 aliphatic carbocycles. The van der Waals surface area contributed by atoms with E-state index in [9.17, 15) is 0 Å². The quantitative estimate of drug-likeness (QED) is 0.818. The first-order valence-corrected chi connectivity index (χ1v) is 6.66. The number of hydrogen-bond acceptors (Lipinski definition) is 2. The van der Waals surface area contributed by atoms with E-state index in [2.05, 4.69) is 31.3 Å². The SMILES string of the molecule is CCC1(NC(C)c2cccc(CO)c2)CCC1. The minimum Gasteiger partial charge on any atom is -0.392 e. The Morgan fingerprint density at radius 2 is 2.18 bits per heavy atom. The van der Waals surface area contributed by atoms with Gasteiger partial charge in [-0.2, -0.15) is 0 Å². The van der Waals surface area contributed by atoms with Gasteiger partial charge in [0, 0.05) is 11.6 Å². The van der Waals surface area contributed by atoms with E-state index in [1.807, 2.05) is 12.1 Å². The molecular weight excluding hydrogens is 210 g/mol. The highest BCUT2D eigenvalue weighted by Gasteiger charge is 2.35. The molecule has 1 aromatic carbocycles.